The van der Waals surface area contributed by atoms with Crippen LogP contribution < -0.4 is 0 Å². The van der Waals surface area contributed by atoms with Gasteiger partial charge in [0.25, 0.3) is 5.91 Å². The summed E-state index contributed by atoms with van der Waals surface area (Å²) in [6.07, 6.45) is 2.35. The molecule has 1 aromatic heterocycles. The number of rotatable bonds is 2. The van der Waals surface area contributed by atoms with Gasteiger partial charge in [-0.25, -0.2) is 4.79 Å². The van der Waals surface area contributed by atoms with Crippen molar-refractivity contribution >= 4 is 11.9 Å². The number of aromatic nitrogens is 2. The van der Waals surface area contributed by atoms with E-state index in [1.54, 1.807) is 23.9 Å². The molecule has 1 aromatic rings. The monoisotopic (exact) mass is 319 g/mol. The van der Waals surface area contributed by atoms with Crippen molar-refractivity contribution in [2.45, 2.75) is 38.1 Å². The lowest BCUT2D eigenvalue weighted by Crippen LogP contribution is -2.63. The Morgan fingerprint density at radius 1 is 1.30 bits per heavy atom. The third kappa shape index (κ3) is 3.04. The molecule has 2 aliphatic rings. The number of hydrogen-bond donors (Lipinski definition) is 1. The Labute approximate surface area is 136 Å². The molecule has 0 unspecified atom stereocenters. The minimum absolute atomic E-state index is 0.0130. The Hall–Kier alpha value is -2.05. The zero-order chi connectivity index (χ0) is 16.8. The summed E-state index contributed by atoms with van der Waals surface area (Å²) in [5.41, 5.74) is 1.12. The summed E-state index contributed by atoms with van der Waals surface area (Å²) in [5, 5.41) is 7.18. The molecular formula is C16H25N5O2. The number of nitrogens with one attached hydrogen (secondary N) is 1. The van der Waals surface area contributed by atoms with Gasteiger partial charge in [0, 0.05) is 45.3 Å². The standard InChI is InChI=1S/C16H25N5O2/c1-16(2)10-20(15(23)19(3)4)7-8-21(16)14(22)13-9-12(17-18-13)11-5-6-11/h9,11H,5-8,10H2,1-4H3,(H,17,18). The summed E-state index contributed by atoms with van der Waals surface area (Å²) >= 11 is 0. The van der Waals surface area contributed by atoms with Gasteiger partial charge in [-0.3, -0.25) is 9.89 Å². The number of carbonyl (C=O) groups excluding carboxylic acids is 2. The molecule has 3 rings (SSSR count). The van der Waals surface area contributed by atoms with Crippen LogP contribution in [-0.2, 0) is 0 Å². The van der Waals surface area contributed by atoms with Crippen LogP contribution in [0, 0.1) is 0 Å². The Balaban J connectivity index is 1.72. The summed E-state index contributed by atoms with van der Waals surface area (Å²) < 4.78 is 0. The first kappa shape index (κ1) is 15.8. The highest BCUT2D eigenvalue weighted by Gasteiger charge is 2.40. The van der Waals surface area contributed by atoms with Gasteiger partial charge >= 0.3 is 6.03 Å². The van der Waals surface area contributed by atoms with Crippen molar-refractivity contribution in [2.24, 2.45) is 0 Å². The molecule has 7 nitrogen and oxygen atoms in total. The molecule has 1 aliphatic heterocycles. The van der Waals surface area contributed by atoms with Crippen LogP contribution in [0.1, 0.15) is 48.8 Å². The summed E-state index contributed by atoms with van der Waals surface area (Å²) in [6, 6.07) is 1.87. The molecule has 0 bridgehead atoms. The molecular weight excluding hydrogens is 294 g/mol. The van der Waals surface area contributed by atoms with Crippen LogP contribution in [0.5, 0.6) is 0 Å². The summed E-state index contributed by atoms with van der Waals surface area (Å²) in [6.45, 7) is 5.59. The molecule has 1 aliphatic carbocycles. The van der Waals surface area contributed by atoms with Crippen molar-refractivity contribution in [3.63, 3.8) is 0 Å². The largest absolute Gasteiger partial charge is 0.331 e. The van der Waals surface area contributed by atoms with Crippen LogP contribution in [-0.4, -0.2) is 76.1 Å². The second kappa shape index (κ2) is 5.54. The summed E-state index contributed by atoms with van der Waals surface area (Å²) in [7, 11) is 3.49. The number of piperazine rings is 1. The van der Waals surface area contributed by atoms with Crippen molar-refractivity contribution in [1.82, 2.24) is 24.9 Å². The Bertz CT molecular complexity index is 618. The highest BCUT2D eigenvalue weighted by molar-refractivity contribution is 5.93. The highest BCUT2D eigenvalue weighted by atomic mass is 16.2. The maximum absolute atomic E-state index is 12.8. The van der Waals surface area contributed by atoms with E-state index in [1.165, 1.54) is 12.8 Å². The summed E-state index contributed by atoms with van der Waals surface area (Å²) in [4.78, 5) is 30.2. The summed E-state index contributed by atoms with van der Waals surface area (Å²) in [5.74, 6) is 0.488. The van der Waals surface area contributed by atoms with Crippen molar-refractivity contribution in [1.29, 1.82) is 0 Å². The molecule has 0 aromatic carbocycles. The van der Waals surface area contributed by atoms with Gasteiger partial charge in [-0.05, 0) is 32.8 Å². The third-order valence-electron chi connectivity index (χ3n) is 4.63. The molecule has 7 heteroatoms. The number of hydrogen-bond acceptors (Lipinski definition) is 3. The topological polar surface area (TPSA) is 72.5 Å². The number of aromatic amines is 1. The average molecular weight is 319 g/mol. The third-order valence-corrected chi connectivity index (χ3v) is 4.63. The smallest absolute Gasteiger partial charge is 0.319 e. The minimum atomic E-state index is -0.417. The van der Waals surface area contributed by atoms with Gasteiger partial charge in [0.1, 0.15) is 5.69 Å². The second-order valence-corrected chi connectivity index (χ2v) is 7.35. The quantitative estimate of drug-likeness (QED) is 0.898. The minimum Gasteiger partial charge on any atom is -0.331 e. The fourth-order valence-electron chi connectivity index (χ4n) is 3.17. The Kier molecular flexibility index (Phi) is 3.82. The predicted octanol–water partition coefficient (Wildman–Crippen LogP) is 1.51. The molecule has 0 atom stereocenters. The van der Waals surface area contributed by atoms with E-state index in [2.05, 4.69) is 10.2 Å². The lowest BCUT2D eigenvalue weighted by atomic mass is 9.98. The fraction of sp³-hybridized carbons (Fsp3) is 0.688. The molecule has 23 heavy (non-hydrogen) atoms. The zero-order valence-corrected chi connectivity index (χ0v) is 14.3. The SMILES string of the molecule is CN(C)C(=O)N1CCN(C(=O)c2cc(C3CC3)[nH]n2)C(C)(C)C1. The molecule has 2 heterocycles. The van der Waals surface area contributed by atoms with Gasteiger partial charge in [-0.1, -0.05) is 0 Å². The molecule has 1 N–H and O–H groups in total. The number of amides is 3. The van der Waals surface area contributed by atoms with Gasteiger partial charge in [0.15, 0.2) is 0 Å². The zero-order valence-electron chi connectivity index (χ0n) is 14.3. The maximum Gasteiger partial charge on any atom is 0.319 e. The Morgan fingerprint density at radius 3 is 2.57 bits per heavy atom. The fourth-order valence-corrected chi connectivity index (χ4v) is 3.17. The maximum atomic E-state index is 12.8. The van der Waals surface area contributed by atoms with Crippen molar-refractivity contribution in [2.75, 3.05) is 33.7 Å². The van der Waals surface area contributed by atoms with E-state index < -0.39 is 5.54 Å². The van der Waals surface area contributed by atoms with E-state index in [0.717, 1.165) is 5.69 Å². The first-order chi connectivity index (χ1) is 10.8. The first-order valence-electron chi connectivity index (χ1n) is 8.13. The predicted molar refractivity (Wildman–Crippen MR) is 86.3 cm³/mol. The van der Waals surface area contributed by atoms with Crippen LogP contribution in [0.2, 0.25) is 0 Å². The van der Waals surface area contributed by atoms with E-state index in [1.807, 2.05) is 24.8 Å². The van der Waals surface area contributed by atoms with Gasteiger partial charge in [-0.15, -0.1) is 0 Å². The normalized spacial score (nSPS) is 20.5. The second-order valence-electron chi connectivity index (χ2n) is 7.35. The van der Waals surface area contributed by atoms with Crippen LogP contribution in [0.3, 0.4) is 0 Å². The van der Waals surface area contributed by atoms with Crippen LogP contribution >= 0.6 is 0 Å². The number of H-pyrrole nitrogens is 1. The molecule has 0 radical (unpaired) electrons. The lowest BCUT2D eigenvalue weighted by molar-refractivity contribution is 0.0236. The van der Waals surface area contributed by atoms with Crippen LogP contribution in [0.4, 0.5) is 4.79 Å². The van der Waals surface area contributed by atoms with Gasteiger partial charge < -0.3 is 14.7 Å². The molecule has 1 saturated heterocycles. The van der Waals surface area contributed by atoms with E-state index in [4.69, 9.17) is 0 Å². The van der Waals surface area contributed by atoms with E-state index in [-0.39, 0.29) is 11.9 Å². The van der Waals surface area contributed by atoms with Gasteiger partial charge in [0.2, 0.25) is 0 Å². The van der Waals surface area contributed by atoms with Crippen molar-refractivity contribution in [3.8, 4) is 0 Å². The van der Waals surface area contributed by atoms with E-state index in [0.29, 0.717) is 31.2 Å². The molecule has 0 spiro atoms. The highest BCUT2D eigenvalue weighted by Crippen LogP contribution is 2.39. The average Bonchev–Trinajstić information content (AvgIpc) is 3.22. The molecule has 1 saturated carbocycles. The molecule has 2 fully saturated rings. The lowest BCUT2D eigenvalue weighted by Gasteiger charge is -2.47. The van der Waals surface area contributed by atoms with Gasteiger partial charge in [0.05, 0.1) is 5.54 Å². The number of urea groups is 1. The van der Waals surface area contributed by atoms with Crippen LogP contribution in [0.15, 0.2) is 6.07 Å². The van der Waals surface area contributed by atoms with Gasteiger partial charge in [-0.2, -0.15) is 5.10 Å². The van der Waals surface area contributed by atoms with E-state index >= 15 is 0 Å². The van der Waals surface area contributed by atoms with Crippen LogP contribution in [0.25, 0.3) is 0 Å². The molecule has 126 valence electrons. The first-order valence-corrected chi connectivity index (χ1v) is 8.13. The van der Waals surface area contributed by atoms with Crippen molar-refractivity contribution < 1.29 is 9.59 Å². The van der Waals surface area contributed by atoms with Crippen molar-refractivity contribution in [3.05, 3.63) is 17.5 Å². The number of carbonyl (C=O) groups is 2. The van der Waals surface area contributed by atoms with E-state index in [9.17, 15) is 9.59 Å². The number of nitrogens with zero attached hydrogens (tertiary/aromatic N) is 4. The Morgan fingerprint density at radius 2 is 2.00 bits per heavy atom. The molecule has 3 amide bonds.